The standard InChI is InChI=1S/C8H11N3O/c9-5-7-1-3-11(4-2-7)6-8(10)12/h1H,2-4,6H2,(H2,10,12). The van der Waals surface area contributed by atoms with E-state index in [1.165, 1.54) is 0 Å². The van der Waals surface area contributed by atoms with Crippen molar-refractivity contribution < 1.29 is 4.79 Å². The van der Waals surface area contributed by atoms with Crippen molar-refractivity contribution in [2.24, 2.45) is 5.73 Å². The van der Waals surface area contributed by atoms with Crippen molar-refractivity contribution in [1.29, 1.82) is 5.26 Å². The highest BCUT2D eigenvalue weighted by Gasteiger charge is 2.12. The van der Waals surface area contributed by atoms with Crippen molar-refractivity contribution in [2.45, 2.75) is 6.42 Å². The van der Waals surface area contributed by atoms with Gasteiger partial charge in [0.25, 0.3) is 0 Å². The van der Waals surface area contributed by atoms with Gasteiger partial charge < -0.3 is 5.73 Å². The van der Waals surface area contributed by atoms with Crippen molar-refractivity contribution in [3.63, 3.8) is 0 Å². The summed E-state index contributed by atoms with van der Waals surface area (Å²) in [5, 5.41) is 8.53. The van der Waals surface area contributed by atoms with Crippen LogP contribution in [0.25, 0.3) is 0 Å². The molecule has 1 aliphatic rings. The average molecular weight is 165 g/mol. The number of hydrogen-bond acceptors (Lipinski definition) is 3. The first-order valence-electron chi connectivity index (χ1n) is 3.82. The first kappa shape index (κ1) is 8.75. The van der Waals surface area contributed by atoms with Gasteiger partial charge in [-0.1, -0.05) is 6.08 Å². The van der Waals surface area contributed by atoms with Crippen LogP contribution < -0.4 is 5.73 Å². The highest BCUT2D eigenvalue weighted by molar-refractivity contribution is 5.75. The Kier molecular flexibility index (Phi) is 2.83. The van der Waals surface area contributed by atoms with E-state index in [0.29, 0.717) is 6.54 Å². The summed E-state index contributed by atoms with van der Waals surface area (Å²) in [6, 6.07) is 2.10. The fraction of sp³-hybridized carbons (Fsp3) is 0.500. The Hall–Kier alpha value is -1.34. The maximum absolute atomic E-state index is 10.5. The highest BCUT2D eigenvalue weighted by atomic mass is 16.1. The lowest BCUT2D eigenvalue weighted by atomic mass is 10.1. The van der Waals surface area contributed by atoms with Crippen molar-refractivity contribution in [3.05, 3.63) is 11.6 Å². The molecular weight excluding hydrogens is 154 g/mol. The van der Waals surface area contributed by atoms with E-state index in [1.54, 1.807) is 0 Å². The van der Waals surface area contributed by atoms with Gasteiger partial charge in [-0.25, -0.2) is 0 Å². The normalized spacial score (nSPS) is 18.1. The molecule has 12 heavy (non-hydrogen) atoms. The van der Waals surface area contributed by atoms with Gasteiger partial charge in [-0.2, -0.15) is 5.26 Å². The molecule has 4 nitrogen and oxygen atoms in total. The molecule has 0 radical (unpaired) electrons. The zero-order valence-electron chi connectivity index (χ0n) is 6.79. The van der Waals surface area contributed by atoms with Gasteiger partial charge in [-0.3, -0.25) is 9.69 Å². The summed E-state index contributed by atoms with van der Waals surface area (Å²) < 4.78 is 0. The van der Waals surface area contributed by atoms with E-state index in [-0.39, 0.29) is 12.5 Å². The predicted octanol–water partition coefficient (Wildman–Crippen LogP) is -0.373. The highest BCUT2D eigenvalue weighted by Crippen LogP contribution is 2.08. The Morgan fingerprint density at radius 2 is 2.58 bits per heavy atom. The van der Waals surface area contributed by atoms with Crippen molar-refractivity contribution >= 4 is 5.91 Å². The third kappa shape index (κ3) is 2.36. The van der Waals surface area contributed by atoms with E-state index in [2.05, 4.69) is 6.07 Å². The van der Waals surface area contributed by atoms with Crippen molar-refractivity contribution in [3.8, 4) is 6.07 Å². The molecule has 2 N–H and O–H groups in total. The monoisotopic (exact) mass is 165 g/mol. The number of hydrogen-bond donors (Lipinski definition) is 1. The maximum Gasteiger partial charge on any atom is 0.231 e. The summed E-state index contributed by atoms with van der Waals surface area (Å²) >= 11 is 0. The zero-order valence-corrected chi connectivity index (χ0v) is 6.79. The summed E-state index contributed by atoms with van der Waals surface area (Å²) in [7, 11) is 0. The van der Waals surface area contributed by atoms with E-state index in [1.807, 2.05) is 11.0 Å². The predicted molar refractivity (Wildman–Crippen MR) is 43.9 cm³/mol. The smallest absolute Gasteiger partial charge is 0.231 e. The third-order valence-corrected chi connectivity index (χ3v) is 1.82. The van der Waals surface area contributed by atoms with Crippen molar-refractivity contribution in [2.75, 3.05) is 19.6 Å². The minimum Gasteiger partial charge on any atom is -0.369 e. The van der Waals surface area contributed by atoms with Gasteiger partial charge in [0.15, 0.2) is 0 Å². The third-order valence-electron chi connectivity index (χ3n) is 1.82. The molecule has 64 valence electrons. The van der Waals surface area contributed by atoms with Gasteiger partial charge in [-0.05, 0) is 6.42 Å². The van der Waals surface area contributed by atoms with Crippen LogP contribution in [0.5, 0.6) is 0 Å². The Morgan fingerprint density at radius 3 is 3.00 bits per heavy atom. The second-order valence-electron chi connectivity index (χ2n) is 2.79. The number of rotatable bonds is 2. The minimum absolute atomic E-state index is 0.287. The maximum atomic E-state index is 10.5. The molecule has 0 bridgehead atoms. The van der Waals surface area contributed by atoms with Crippen LogP contribution in [-0.2, 0) is 4.79 Å². The first-order chi connectivity index (χ1) is 5.72. The van der Waals surface area contributed by atoms with Crippen molar-refractivity contribution in [1.82, 2.24) is 4.90 Å². The van der Waals surface area contributed by atoms with Crippen LogP contribution in [0.2, 0.25) is 0 Å². The van der Waals surface area contributed by atoms with E-state index < -0.39 is 0 Å². The summed E-state index contributed by atoms with van der Waals surface area (Å²) in [5.74, 6) is -0.316. The van der Waals surface area contributed by atoms with Gasteiger partial charge in [0.1, 0.15) is 0 Å². The number of nitrogens with zero attached hydrogens (tertiary/aromatic N) is 2. The van der Waals surface area contributed by atoms with E-state index in [9.17, 15) is 4.79 Å². The second kappa shape index (κ2) is 3.88. The lowest BCUT2D eigenvalue weighted by molar-refractivity contribution is -0.119. The molecule has 1 heterocycles. The quantitative estimate of drug-likeness (QED) is 0.606. The zero-order chi connectivity index (χ0) is 8.97. The van der Waals surface area contributed by atoms with Gasteiger partial charge in [-0.15, -0.1) is 0 Å². The van der Waals surface area contributed by atoms with Crippen LogP contribution in [0.1, 0.15) is 6.42 Å². The lowest BCUT2D eigenvalue weighted by Crippen LogP contribution is -2.36. The van der Waals surface area contributed by atoms with Crippen LogP contribution in [0.15, 0.2) is 11.6 Å². The van der Waals surface area contributed by atoms with Gasteiger partial charge in [0, 0.05) is 18.7 Å². The molecule has 0 atom stereocenters. The van der Waals surface area contributed by atoms with Crippen LogP contribution >= 0.6 is 0 Å². The molecule has 0 aromatic carbocycles. The molecule has 4 heteroatoms. The van der Waals surface area contributed by atoms with E-state index >= 15 is 0 Å². The summed E-state index contributed by atoms with van der Waals surface area (Å²) in [4.78, 5) is 12.4. The van der Waals surface area contributed by atoms with E-state index in [4.69, 9.17) is 11.0 Å². The fourth-order valence-electron chi connectivity index (χ4n) is 1.18. The van der Waals surface area contributed by atoms with Crippen LogP contribution in [0.4, 0.5) is 0 Å². The molecule has 0 unspecified atom stereocenters. The average Bonchev–Trinajstić information content (AvgIpc) is 2.05. The molecule has 0 fully saturated rings. The molecule has 1 aliphatic heterocycles. The molecule has 0 saturated carbocycles. The summed E-state index contributed by atoms with van der Waals surface area (Å²) in [5.41, 5.74) is 5.83. The van der Waals surface area contributed by atoms with Gasteiger partial charge >= 0.3 is 0 Å². The SMILES string of the molecule is N#CC1=CCN(CC(N)=O)CC1. The lowest BCUT2D eigenvalue weighted by Gasteiger charge is -2.22. The topological polar surface area (TPSA) is 70.1 Å². The Balaban J connectivity index is 2.42. The minimum atomic E-state index is -0.316. The Morgan fingerprint density at radius 1 is 1.83 bits per heavy atom. The summed E-state index contributed by atoms with van der Waals surface area (Å²) in [6.07, 6.45) is 2.57. The number of carbonyl (C=O) groups is 1. The molecule has 0 aromatic heterocycles. The largest absolute Gasteiger partial charge is 0.369 e. The Labute approximate surface area is 71.3 Å². The molecule has 1 amide bonds. The second-order valence-corrected chi connectivity index (χ2v) is 2.79. The van der Waals surface area contributed by atoms with E-state index in [0.717, 1.165) is 18.5 Å². The molecule has 0 spiro atoms. The molecule has 1 rings (SSSR count). The number of primary amides is 1. The Bertz CT molecular complexity index is 252. The molecule has 0 aliphatic carbocycles. The summed E-state index contributed by atoms with van der Waals surface area (Å²) in [6.45, 7) is 1.70. The van der Waals surface area contributed by atoms with Gasteiger partial charge in [0.2, 0.25) is 5.91 Å². The number of nitrogens with two attached hydrogens (primary N) is 1. The van der Waals surface area contributed by atoms with Crippen LogP contribution in [0.3, 0.4) is 0 Å². The fourth-order valence-corrected chi connectivity index (χ4v) is 1.18. The number of carbonyl (C=O) groups excluding carboxylic acids is 1. The number of nitriles is 1. The van der Waals surface area contributed by atoms with Crippen LogP contribution in [-0.4, -0.2) is 30.4 Å². The number of amides is 1. The van der Waals surface area contributed by atoms with Crippen LogP contribution in [0, 0.1) is 11.3 Å². The van der Waals surface area contributed by atoms with Gasteiger partial charge in [0.05, 0.1) is 12.6 Å². The molecule has 0 saturated heterocycles. The first-order valence-corrected chi connectivity index (χ1v) is 3.82. The molecular formula is C8H11N3O. The molecule has 0 aromatic rings.